The molecule has 1 N–H and O–H groups in total. The highest BCUT2D eigenvalue weighted by Gasteiger charge is 2.31. The van der Waals surface area contributed by atoms with Crippen molar-refractivity contribution in [2.45, 2.75) is 52.0 Å². The van der Waals surface area contributed by atoms with Crippen molar-refractivity contribution in [3.8, 4) is 0 Å². The molecule has 2 rings (SSSR count). The molecule has 0 amide bonds. The van der Waals surface area contributed by atoms with Crippen molar-refractivity contribution >= 4 is 10.0 Å². The molecule has 112 valence electrons. The Morgan fingerprint density at radius 3 is 2.63 bits per heavy atom. The molecule has 2 atom stereocenters. The van der Waals surface area contributed by atoms with E-state index in [2.05, 4.69) is 19.2 Å². The molecule has 0 radical (unpaired) electrons. The van der Waals surface area contributed by atoms with E-state index in [0.29, 0.717) is 30.5 Å². The SMILES string of the molecule is CC1(C)CCC(NCC2CCCN(S(C)(=O)=O)C2)C1. The lowest BCUT2D eigenvalue weighted by Crippen LogP contribution is -2.43. The van der Waals surface area contributed by atoms with Gasteiger partial charge in [0.2, 0.25) is 10.0 Å². The van der Waals surface area contributed by atoms with E-state index in [4.69, 9.17) is 0 Å². The largest absolute Gasteiger partial charge is 0.314 e. The van der Waals surface area contributed by atoms with Crippen molar-refractivity contribution in [3.63, 3.8) is 0 Å². The molecule has 0 spiro atoms. The topological polar surface area (TPSA) is 49.4 Å². The minimum atomic E-state index is -3.01. The van der Waals surface area contributed by atoms with Gasteiger partial charge in [0.05, 0.1) is 6.26 Å². The zero-order chi connectivity index (χ0) is 14.1. The van der Waals surface area contributed by atoms with Gasteiger partial charge in [0.25, 0.3) is 0 Å². The van der Waals surface area contributed by atoms with Gasteiger partial charge in [0.15, 0.2) is 0 Å². The Balaban J connectivity index is 1.77. The van der Waals surface area contributed by atoms with Crippen LogP contribution in [-0.2, 0) is 10.0 Å². The minimum absolute atomic E-state index is 0.475. The summed E-state index contributed by atoms with van der Waals surface area (Å²) in [5.41, 5.74) is 0.475. The third-order valence-electron chi connectivity index (χ3n) is 4.61. The normalized spacial score (nSPS) is 32.6. The number of nitrogens with one attached hydrogen (secondary N) is 1. The molecule has 5 heteroatoms. The lowest BCUT2D eigenvalue weighted by molar-refractivity contribution is 0.253. The fraction of sp³-hybridized carbons (Fsp3) is 1.00. The molecule has 0 bridgehead atoms. The van der Waals surface area contributed by atoms with Gasteiger partial charge in [-0.25, -0.2) is 12.7 Å². The van der Waals surface area contributed by atoms with Crippen molar-refractivity contribution in [2.75, 3.05) is 25.9 Å². The van der Waals surface area contributed by atoms with Crippen LogP contribution in [0.5, 0.6) is 0 Å². The zero-order valence-corrected chi connectivity index (χ0v) is 13.3. The second kappa shape index (κ2) is 5.70. The summed E-state index contributed by atoms with van der Waals surface area (Å²) in [4.78, 5) is 0. The maximum atomic E-state index is 11.6. The molecule has 1 aliphatic carbocycles. The van der Waals surface area contributed by atoms with Gasteiger partial charge in [0.1, 0.15) is 0 Å². The number of nitrogens with zero attached hydrogens (tertiary/aromatic N) is 1. The predicted octanol–water partition coefficient (Wildman–Crippen LogP) is 1.83. The summed E-state index contributed by atoms with van der Waals surface area (Å²) in [6.07, 6.45) is 7.27. The highest BCUT2D eigenvalue weighted by molar-refractivity contribution is 7.88. The molecule has 1 heterocycles. The first kappa shape index (κ1) is 15.3. The average molecular weight is 288 g/mol. The van der Waals surface area contributed by atoms with Crippen molar-refractivity contribution in [1.82, 2.24) is 9.62 Å². The van der Waals surface area contributed by atoms with Gasteiger partial charge >= 0.3 is 0 Å². The van der Waals surface area contributed by atoms with Crippen LogP contribution in [0.4, 0.5) is 0 Å². The number of sulfonamides is 1. The predicted molar refractivity (Wildman–Crippen MR) is 78.6 cm³/mol. The summed E-state index contributed by atoms with van der Waals surface area (Å²) in [7, 11) is -3.01. The molecule has 19 heavy (non-hydrogen) atoms. The quantitative estimate of drug-likeness (QED) is 0.858. The Morgan fingerprint density at radius 1 is 1.32 bits per heavy atom. The van der Waals surface area contributed by atoms with Crippen LogP contribution >= 0.6 is 0 Å². The van der Waals surface area contributed by atoms with Crippen molar-refractivity contribution < 1.29 is 8.42 Å². The lowest BCUT2D eigenvalue weighted by atomic mass is 9.91. The van der Waals surface area contributed by atoms with Gasteiger partial charge in [-0.3, -0.25) is 0 Å². The van der Waals surface area contributed by atoms with E-state index < -0.39 is 10.0 Å². The van der Waals surface area contributed by atoms with Crippen LogP contribution in [0.2, 0.25) is 0 Å². The first-order valence-electron chi connectivity index (χ1n) is 7.45. The minimum Gasteiger partial charge on any atom is -0.314 e. The Labute approximate surface area is 118 Å². The summed E-state index contributed by atoms with van der Waals surface area (Å²) in [5, 5.41) is 3.66. The summed E-state index contributed by atoms with van der Waals surface area (Å²) < 4.78 is 24.8. The molecule has 4 nitrogen and oxygen atoms in total. The first-order valence-corrected chi connectivity index (χ1v) is 9.30. The van der Waals surface area contributed by atoms with Gasteiger partial charge in [-0.1, -0.05) is 13.8 Å². The molecule has 1 saturated carbocycles. The van der Waals surface area contributed by atoms with E-state index in [0.717, 1.165) is 19.4 Å². The Morgan fingerprint density at radius 2 is 2.05 bits per heavy atom. The van der Waals surface area contributed by atoms with E-state index in [-0.39, 0.29) is 0 Å². The number of rotatable bonds is 4. The third kappa shape index (κ3) is 4.43. The summed E-state index contributed by atoms with van der Waals surface area (Å²) >= 11 is 0. The van der Waals surface area contributed by atoms with Crippen molar-refractivity contribution in [3.05, 3.63) is 0 Å². The molecule has 1 saturated heterocycles. The van der Waals surface area contributed by atoms with Gasteiger partial charge in [0, 0.05) is 19.1 Å². The van der Waals surface area contributed by atoms with E-state index in [1.807, 2.05) is 0 Å². The molecule has 1 aliphatic heterocycles. The number of hydrogen-bond donors (Lipinski definition) is 1. The zero-order valence-electron chi connectivity index (χ0n) is 12.5. The summed E-state index contributed by atoms with van der Waals surface area (Å²) in [5.74, 6) is 0.479. The monoisotopic (exact) mass is 288 g/mol. The third-order valence-corrected chi connectivity index (χ3v) is 5.88. The second-order valence-corrected chi connectivity index (χ2v) is 9.12. The first-order chi connectivity index (χ1) is 8.76. The summed E-state index contributed by atoms with van der Waals surface area (Å²) in [6.45, 7) is 7.03. The van der Waals surface area contributed by atoms with Crippen LogP contribution in [0.15, 0.2) is 0 Å². The van der Waals surface area contributed by atoms with E-state index >= 15 is 0 Å². The van der Waals surface area contributed by atoms with Crippen LogP contribution in [0.1, 0.15) is 46.0 Å². The van der Waals surface area contributed by atoms with Gasteiger partial charge < -0.3 is 5.32 Å². The molecular formula is C14H28N2O2S. The molecule has 0 aromatic carbocycles. The smallest absolute Gasteiger partial charge is 0.211 e. The fourth-order valence-electron chi connectivity index (χ4n) is 3.44. The Bertz CT molecular complexity index is 406. The van der Waals surface area contributed by atoms with Crippen LogP contribution in [0, 0.1) is 11.3 Å². The van der Waals surface area contributed by atoms with E-state index in [1.54, 1.807) is 4.31 Å². The van der Waals surface area contributed by atoms with Gasteiger partial charge in [-0.05, 0) is 50.0 Å². The lowest BCUT2D eigenvalue weighted by Gasteiger charge is -2.31. The number of hydrogen-bond acceptors (Lipinski definition) is 3. The highest BCUT2D eigenvalue weighted by Crippen LogP contribution is 2.37. The molecule has 2 unspecified atom stereocenters. The molecule has 2 fully saturated rings. The maximum Gasteiger partial charge on any atom is 0.211 e. The molecule has 0 aromatic heterocycles. The molecular weight excluding hydrogens is 260 g/mol. The highest BCUT2D eigenvalue weighted by atomic mass is 32.2. The van der Waals surface area contributed by atoms with Crippen molar-refractivity contribution in [1.29, 1.82) is 0 Å². The fourth-order valence-corrected chi connectivity index (χ4v) is 4.38. The Hall–Kier alpha value is -0.130. The molecule has 0 aromatic rings. The Kier molecular flexibility index (Phi) is 4.58. The maximum absolute atomic E-state index is 11.6. The van der Waals surface area contributed by atoms with Crippen molar-refractivity contribution in [2.24, 2.45) is 11.3 Å². The second-order valence-electron chi connectivity index (χ2n) is 7.14. The van der Waals surface area contributed by atoms with Gasteiger partial charge in [-0.15, -0.1) is 0 Å². The van der Waals surface area contributed by atoms with Gasteiger partial charge in [-0.2, -0.15) is 0 Å². The summed E-state index contributed by atoms with van der Waals surface area (Å²) in [6, 6.07) is 0.628. The van der Waals surface area contributed by atoms with E-state index in [1.165, 1.54) is 25.5 Å². The standard InChI is InChI=1S/C14H28N2O2S/c1-14(2)7-6-13(9-14)15-10-12-5-4-8-16(11-12)19(3,17)18/h12-13,15H,4-11H2,1-3H3. The molecule has 2 aliphatic rings. The van der Waals surface area contributed by atoms with Crippen LogP contribution in [-0.4, -0.2) is 44.7 Å². The van der Waals surface area contributed by atoms with Crippen LogP contribution in [0.3, 0.4) is 0 Å². The van der Waals surface area contributed by atoms with E-state index in [9.17, 15) is 8.42 Å². The number of piperidine rings is 1. The van der Waals surface area contributed by atoms with Crippen LogP contribution < -0.4 is 5.32 Å². The average Bonchev–Trinajstić information content (AvgIpc) is 2.66. The van der Waals surface area contributed by atoms with Crippen LogP contribution in [0.25, 0.3) is 0 Å².